The van der Waals surface area contributed by atoms with Crippen LogP contribution in [0.2, 0.25) is 0 Å². The molecule has 0 radical (unpaired) electrons. The Kier molecular flexibility index (Phi) is 3.91. The molecule has 19 heavy (non-hydrogen) atoms. The molecular weight excluding hydrogens is 260 g/mol. The number of rotatable bonds is 4. The van der Waals surface area contributed by atoms with Gasteiger partial charge < -0.3 is 5.11 Å². The Balaban J connectivity index is 1.56. The van der Waals surface area contributed by atoms with E-state index in [1.54, 1.807) is 11.3 Å². The highest BCUT2D eigenvalue weighted by molar-refractivity contribution is 7.09. The number of likely N-dealkylation sites (tertiary alicyclic amines) is 1. The van der Waals surface area contributed by atoms with Gasteiger partial charge in [-0.1, -0.05) is 11.3 Å². The first kappa shape index (κ1) is 12.8. The third kappa shape index (κ3) is 3.40. The van der Waals surface area contributed by atoms with Crippen molar-refractivity contribution >= 4 is 11.3 Å². The number of nitrogens with zero attached hydrogens (tertiary/aromatic N) is 4. The monoisotopic (exact) mass is 278 g/mol. The number of aliphatic hydroxyl groups excluding tert-OH is 1. The Bertz CT molecular complexity index is 502. The van der Waals surface area contributed by atoms with Gasteiger partial charge >= 0.3 is 0 Å². The number of thiophene rings is 1. The maximum absolute atomic E-state index is 9.48. The molecule has 2 aromatic heterocycles. The van der Waals surface area contributed by atoms with Gasteiger partial charge in [-0.05, 0) is 24.3 Å². The minimum Gasteiger partial charge on any atom is -0.393 e. The molecule has 3 rings (SSSR count). The molecule has 6 heteroatoms. The molecule has 1 aliphatic rings. The first-order valence-electron chi connectivity index (χ1n) is 6.61. The molecular formula is C13H18N4OS. The molecule has 0 atom stereocenters. The predicted octanol–water partition coefficient (Wildman–Crippen LogP) is 1.34. The van der Waals surface area contributed by atoms with Gasteiger partial charge in [0.05, 0.1) is 24.5 Å². The first-order chi connectivity index (χ1) is 9.29. The van der Waals surface area contributed by atoms with Crippen LogP contribution >= 0.6 is 11.3 Å². The zero-order chi connectivity index (χ0) is 13.1. The minimum absolute atomic E-state index is 0.120. The predicted molar refractivity (Wildman–Crippen MR) is 74.0 cm³/mol. The summed E-state index contributed by atoms with van der Waals surface area (Å²) in [6.45, 7) is 3.51. The summed E-state index contributed by atoms with van der Waals surface area (Å²) in [4.78, 5) is 3.62. The van der Waals surface area contributed by atoms with Crippen LogP contribution in [0.1, 0.15) is 23.4 Å². The second-order valence-electron chi connectivity index (χ2n) is 4.99. The molecule has 5 nitrogen and oxygen atoms in total. The molecule has 0 unspecified atom stereocenters. The van der Waals surface area contributed by atoms with Gasteiger partial charge in [-0.3, -0.25) is 4.90 Å². The van der Waals surface area contributed by atoms with Gasteiger partial charge in [0, 0.05) is 24.5 Å². The number of aliphatic hydroxyl groups is 1. The van der Waals surface area contributed by atoms with Crippen molar-refractivity contribution in [3.05, 3.63) is 34.3 Å². The van der Waals surface area contributed by atoms with Gasteiger partial charge in [-0.2, -0.15) is 0 Å². The third-order valence-corrected chi connectivity index (χ3v) is 4.29. The summed E-state index contributed by atoms with van der Waals surface area (Å²) in [6, 6.07) is 4.16. The van der Waals surface area contributed by atoms with Crippen LogP contribution in [0.15, 0.2) is 23.7 Å². The molecule has 0 bridgehead atoms. The summed E-state index contributed by atoms with van der Waals surface area (Å²) in [7, 11) is 0. The van der Waals surface area contributed by atoms with E-state index < -0.39 is 0 Å². The number of hydrogen-bond donors (Lipinski definition) is 1. The van der Waals surface area contributed by atoms with E-state index >= 15 is 0 Å². The van der Waals surface area contributed by atoms with E-state index in [1.165, 1.54) is 4.88 Å². The fraction of sp³-hybridized carbons (Fsp3) is 0.538. The molecule has 1 fully saturated rings. The highest BCUT2D eigenvalue weighted by Crippen LogP contribution is 2.13. The molecule has 1 aliphatic heterocycles. The van der Waals surface area contributed by atoms with E-state index in [1.807, 2.05) is 10.9 Å². The second-order valence-corrected chi connectivity index (χ2v) is 6.03. The van der Waals surface area contributed by atoms with Crippen LogP contribution in [0.4, 0.5) is 0 Å². The topological polar surface area (TPSA) is 54.2 Å². The SMILES string of the molecule is OC1CCN(Cc2cn(Cc3cccs3)nn2)CC1. The van der Waals surface area contributed by atoms with E-state index in [4.69, 9.17) is 0 Å². The number of aromatic nitrogens is 3. The summed E-state index contributed by atoms with van der Waals surface area (Å²) < 4.78 is 1.89. The number of hydrogen-bond acceptors (Lipinski definition) is 5. The summed E-state index contributed by atoms with van der Waals surface area (Å²) >= 11 is 1.74. The largest absolute Gasteiger partial charge is 0.393 e. The molecule has 2 aromatic rings. The summed E-state index contributed by atoms with van der Waals surface area (Å²) in [6.07, 6.45) is 3.63. The van der Waals surface area contributed by atoms with E-state index in [2.05, 4.69) is 32.7 Å². The Morgan fingerprint density at radius 2 is 2.16 bits per heavy atom. The van der Waals surface area contributed by atoms with Crippen molar-refractivity contribution in [2.45, 2.75) is 32.0 Å². The van der Waals surface area contributed by atoms with Crippen LogP contribution in [-0.4, -0.2) is 44.2 Å². The van der Waals surface area contributed by atoms with Crippen LogP contribution in [0.5, 0.6) is 0 Å². The van der Waals surface area contributed by atoms with Gasteiger partial charge in [0.25, 0.3) is 0 Å². The average molecular weight is 278 g/mol. The lowest BCUT2D eigenvalue weighted by molar-refractivity contribution is 0.0786. The summed E-state index contributed by atoms with van der Waals surface area (Å²) in [5.74, 6) is 0. The highest BCUT2D eigenvalue weighted by Gasteiger charge is 2.17. The molecule has 1 saturated heterocycles. The Hall–Kier alpha value is -1.24. The fourth-order valence-corrected chi connectivity index (χ4v) is 3.05. The Morgan fingerprint density at radius 1 is 1.32 bits per heavy atom. The van der Waals surface area contributed by atoms with Crippen molar-refractivity contribution in [1.82, 2.24) is 19.9 Å². The molecule has 0 aliphatic carbocycles. The molecule has 0 saturated carbocycles. The van der Waals surface area contributed by atoms with E-state index in [0.717, 1.165) is 44.7 Å². The maximum atomic E-state index is 9.48. The lowest BCUT2D eigenvalue weighted by atomic mass is 10.1. The Labute approximate surface area is 116 Å². The van der Waals surface area contributed by atoms with Crippen LogP contribution < -0.4 is 0 Å². The van der Waals surface area contributed by atoms with Gasteiger partial charge in [-0.25, -0.2) is 4.68 Å². The van der Waals surface area contributed by atoms with Crippen molar-refractivity contribution < 1.29 is 5.11 Å². The normalized spacial score (nSPS) is 17.9. The van der Waals surface area contributed by atoms with Crippen molar-refractivity contribution in [3.8, 4) is 0 Å². The molecule has 0 amide bonds. The van der Waals surface area contributed by atoms with Crippen LogP contribution in [0, 0.1) is 0 Å². The zero-order valence-electron chi connectivity index (χ0n) is 10.8. The molecule has 0 aromatic carbocycles. The van der Waals surface area contributed by atoms with E-state index in [9.17, 15) is 5.11 Å². The lowest BCUT2D eigenvalue weighted by Crippen LogP contribution is -2.35. The van der Waals surface area contributed by atoms with Crippen LogP contribution in [0.25, 0.3) is 0 Å². The summed E-state index contributed by atoms with van der Waals surface area (Å²) in [5, 5.41) is 20.0. The van der Waals surface area contributed by atoms with Crippen molar-refractivity contribution in [2.75, 3.05) is 13.1 Å². The third-order valence-electron chi connectivity index (χ3n) is 3.43. The fourth-order valence-electron chi connectivity index (χ4n) is 2.36. The zero-order valence-corrected chi connectivity index (χ0v) is 11.6. The van der Waals surface area contributed by atoms with Gasteiger partial charge in [0.1, 0.15) is 0 Å². The van der Waals surface area contributed by atoms with Gasteiger partial charge in [-0.15, -0.1) is 16.4 Å². The Morgan fingerprint density at radius 3 is 2.89 bits per heavy atom. The molecule has 0 spiro atoms. The van der Waals surface area contributed by atoms with Crippen molar-refractivity contribution in [1.29, 1.82) is 0 Å². The lowest BCUT2D eigenvalue weighted by Gasteiger charge is -2.28. The van der Waals surface area contributed by atoms with Crippen molar-refractivity contribution in [3.63, 3.8) is 0 Å². The molecule has 3 heterocycles. The average Bonchev–Trinajstić information content (AvgIpc) is 3.05. The maximum Gasteiger partial charge on any atom is 0.0967 e. The smallest absolute Gasteiger partial charge is 0.0967 e. The van der Waals surface area contributed by atoms with Gasteiger partial charge in [0.15, 0.2) is 0 Å². The van der Waals surface area contributed by atoms with E-state index in [0.29, 0.717) is 0 Å². The summed E-state index contributed by atoms with van der Waals surface area (Å²) in [5.41, 5.74) is 1.01. The highest BCUT2D eigenvalue weighted by atomic mass is 32.1. The van der Waals surface area contributed by atoms with Crippen LogP contribution in [0.3, 0.4) is 0 Å². The van der Waals surface area contributed by atoms with Crippen LogP contribution in [-0.2, 0) is 13.1 Å². The molecule has 102 valence electrons. The molecule has 1 N–H and O–H groups in total. The van der Waals surface area contributed by atoms with E-state index in [-0.39, 0.29) is 6.10 Å². The van der Waals surface area contributed by atoms with Gasteiger partial charge in [0.2, 0.25) is 0 Å². The first-order valence-corrected chi connectivity index (χ1v) is 7.49. The second kappa shape index (κ2) is 5.81. The minimum atomic E-state index is -0.120. The standard InChI is InChI=1S/C13H18N4OS/c18-12-3-5-16(6-4-12)8-11-9-17(15-14-11)10-13-2-1-7-19-13/h1-2,7,9,12,18H,3-6,8,10H2. The number of piperidine rings is 1. The quantitative estimate of drug-likeness (QED) is 0.917. The van der Waals surface area contributed by atoms with Crippen molar-refractivity contribution in [2.24, 2.45) is 0 Å².